The van der Waals surface area contributed by atoms with Crippen molar-refractivity contribution in [2.24, 2.45) is 0 Å². The first kappa shape index (κ1) is 13.7. The Morgan fingerprint density at radius 2 is 2.14 bits per heavy atom. The second-order valence-corrected chi connectivity index (χ2v) is 4.80. The van der Waals surface area contributed by atoms with Crippen molar-refractivity contribution in [3.05, 3.63) is 18.7 Å². The third-order valence-electron chi connectivity index (χ3n) is 3.21. The highest BCUT2D eigenvalue weighted by Gasteiger charge is 2.16. The highest BCUT2D eigenvalue weighted by atomic mass is 16.5. The number of anilines is 2. The van der Waals surface area contributed by atoms with E-state index in [4.69, 9.17) is 4.74 Å². The zero-order valence-corrected chi connectivity index (χ0v) is 12.0. The number of imidazole rings is 1. The molecule has 0 radical (unpaired) electrons. The van der Waals surface area contributed by atoms with Crippen LogP contribution >= 0.6 is 0 Å². The molecule has 0 spiro atoms. The molecule has 0 aromatic carbocycles. The van der Waals surface area contributed by atoms with E-state index in [0.717, 1.165) is 26.0 Å². The molecule has 8 heteroatoms. The van der Waals surface area contributed by atoms with Gasteiger partial charge in [0, 0.05) is 32.1 Å². The van der Waals surface area contributed by atoms with Crippen molar-refractivity contribution in [1.29, 1.82) is 0 Å². The molecule has 8 nitrogen and oxygen atoms in total. The lowest BCUT2D eigenvalue weighted by atomic mass is 10.2. The van der Waals surface area contributed by atoms with Gasteiger partial charge in [-0.05, 0) is 19.8 Å². The van der Waals surface area contributed by atoms with Gasteiger partial charge in [0.1, 0.15) is 6.33 Å². The van der Waals surface area contributed by atoms with E-state index in [1.54, 1.807) is 23.3 Å². The van der Waals surface area contributed by atoms with E-state index in [9.17, 15) is 0 Å². The minimum Gasteiger partial charge on any atom is -0.376 e. The molecule has 21 heavy (non-hydrogen) atoms. The van der Waals surface area contributed by atoms with E-state index in [1.807, 2.05) is 6.92 Å². The molecule has 112 valence electrons. The first-order chi connectivity index (χ1) is 10.3. The monoisotopic (exact) mass is 289 g/mol. The number of hydrogen-bond donors (Lipinski definition) is 2. The Morgan fingerprint density at radius 1 is 1.29 bits per heavy atom. The van der Waals surface area contributed by atoms with Gasteiger partial charge in [-0.2, -0.15) is 15.0 Å². The maximum absolute atomic E-state index is 5.59. The molecular weight excluding hydrogens is 270 g/mol. The van der Waals surface area contributed by atoms with Crippen LogP contribution in [0.5, 0.6) is 0 Å². The minimum atomic E-state index is 0.237. The second kappa shape index (κ2) is 6.49. The van der Waals surface area contributed by atoms with E-state index in [2.05, 4.69) is 30.6 Å². The highest BCUT2D eigenvalue weighted by Crippen LogP contribution is 2.14. The van der Waals surface area contributed by atoms with Gasteiger partial charge in [0.25, 0.3) is 0 Å². The molecule has 3 heterocycles. The third-order valence-corrected chi connectivity index (χ3v) is 3.21. The van der Waals surface area contributed by atoms with Crippen LogP contribution in [0.15, 0.2) is 18.7 Å². The number of ether oxygens (including phenoxy) is 1. The first-order valence-corrected chi connectivity index (χ1v) is 7.19. The summed E-state index contributed by atoms with van der Waals surface area (Å²) >= 11 is 0. The van der Waals surface area contributed by atoms with Gasteiger partial charge in [-0.15, -0.1) is 0 Å². The van der Waals surface area contributed by atoms with E-state index < -0.39 is 0 Å². The molecule has 1 atom stereocenters. The zero-order valence-electron chi connectivity index (χ0n) is 12.0. The Morgan fingerprint density at radius 3 is 2.81 bits per heavy atom. The molecular formula is C13H19N7O. The van der Waals surface area contributed by atoms with E-state index >= 15 is 0 Å². The number of hydrogen-bond acceptors (Lipinski definition) is 7. The van der Waals surface area contributed by atoms with Gasteiger partial charge in [-0.1, -0.05) is 0 Å². The maximum Gasteiger partial charge on any atom is 0.241 e. The summed E-state index contributed by atoms with van der Waals surface area (Å²) < 4.78 is 7.34. The zero-order chi connectivity index (χ0) is 14.5. The van der Waals surface area contributed by atoms with Crippen LogP contribution in [0.4, 0.5) is 11.9 Å². The molecule has 2 aromatic heterocycles. The average molecular weight is 289 g/mol. The summed E-state index contributed by atoms with van der Waals surface area (Å²) in [5.74, 6) is 1.62. The van der Waals surface area contributed by atoms with Crippen molar-refractivity contribution in [2.75, 3.05) is 30.3 Å². The van der Waals surface area contributed by atoms with Crippen LogP contribution in [0.2, 0.25) is 0 Å². The van der Waals surface area contributed by atoms with Crippen molar-refractivity contribution in [1.82, 2.24) is 24.5 Å². The largest absolute Gasteiger partial charge is 0.376 e. The van der Waals surface area contributed by atoms with Crippen LogP contribution in [0, 0.1) is 0 Å². The van der Waals surface area contributed by atoms with Gasteiger partial charge in [0.15, 0.2) is 0 Å². The standard InChI is InChI=1S/C13H19N7O/c1-2-15-11-17-12(16-8-10-4-3-7-21-10)19-13(18-11)20-6-5-14-9-20/h5-6,9-10H,2-4,7-8H2,1H3,(H2,15,16,17,18,19). The topological polar surface area (TPSA) is 89.8 Å². The fraction of sp³-hybridized carbons (Fsp3) is 0.538. The van der Waals surface area contributed by atoms with Crippen LogP contribution in [0.3, 0.4) is 0 Å². The summed E-state index contributed by atoms with van der Waals surface area (Å²) in [4.78, 5) is 17.2. The van der Waals surface area contributed by atoms with Crippen molar-refractivity contribution in [3.8, 4) is 5.95 Å². The lowest BCUT2D eigenvalue weighted by Gasteiger charge is -2.12. The number of nitrogens with zero attached hydrogens (tertiary/aromatic N) is 5. The van der Waals surface area contributed by atoms with E-state index in [1.165, 1.54) is 0 Å². The average Bonchev–Trinajstić information content (AvgIpc) is 3.19. The summed E-state index contributed by atoms with van der Waals surface area (Å²) in [6, 6.07) is 0. The van der Waals surface area contributed by atoms with Gasteiger partial charge < -0.3 is 15.4 Å². The summed E-state index contributed by atoms with van der Waals surface area (Å²) in [5, 5.41) is 6.34. The van der Waals surface area contributed by atoms with Crippen LogP contribution in [-0.2, 0) is 4.74 Å². The van der Waals surface area contributed by atoms with Gasteiger partial charge in [0.05, 0.1) is 6.10 Å². The number of rotatable bonds is 6. The SMILES string of the molecule is CCNc1nc(NCC2CCCO2)nc(-n2ccnc2)n1. The number of aromatic nitrogens is 5. The third kappa shape index (κ3) is 3.46. The summed E-state index contributed by atoms with van der Waals surface area (Å²) in [6.07, 6.45) is 7.58. The van der Waals surface area contributed by atoms with Gasteiger partial charge in [-0.25, -0.2) is 4.98 Å². The summed E-state index contributed by atoms with van der Waals surface area (Å²) in [6.45, 7) is 4.30. The highest BCUT2D eigenvalue weighted by molar-refractivity contribution is 5.38. The second-order valence-electron chi connectivity index (χ2n) is 4.80. The van der Waals surface area contributed by atoms with Crippen LogP contribution in [0.1, 0.15) is 19.8 Å². The Balaban J connectivity index is 1.77. The lowest BCUT2D eigenvalue weighted by molar-refractivity contribution is 0.120. The van der Waals surface area contributed by atoms with E-state index in [0.29, 0.717) is 24.4 Å². The molecule has 2 aromatic rings. The molecule has 1 aliphatic heterocycles. The molecule has 2 N–H and O–H groups in total. The van der Waals surface area contributed by atoms with Crippen LogP contribution in [0.25, 0.3) is 5.95 Å². The van der Waals surface area contributed by atoms with Gasteiger partial charge in [0.2, 0.25) is 17.8 Å². The molecule has 3 rings (SSSR count). The fourth-order valence-corrected chi connectivity index (χ4v) is 2.18. The first-order valence-electron chi connectivity index (χ1n) is 7.19. The van der Waals surface area contributed by atoms with Crippen molar-refractivity contribution in [2.45, 2.75) is 25.9 Å². The van der Waals surface area contributed by atoms with Crippen molar-refractivity contribution < 1.29 is 4.74 Å². The Kier molecular flexibility index (Phi) is 4.25. The molecule has 0 bridgehead atoms. The molecule has 0 aliphatic carbocycles. The Bertz CT molecular complexity index is 566. The summed E-state index contributed by atoms with van der Waals surface area (Å²) in [5.41, 5.74) is 0. The molecule has 1 aliphatic rings. The normalized spacial score (nSPS) is 17.9. The Labute approximate surface area is 123 Å². The minimum absolute atomic E-state index is 0.237. The van der Waals surface area contributed by atoms with Crippen LogP contribution in [-0.4, -0.2) is 50.3 Å². The van der Waals surface area contributed by atoms with Gasteiger partial charge in [-0.3, -0.25) is 4.57 Å². The van der Waals surface area contributed by atoms with Crippen LogP contribution < -0.4 is 10.6 Å². The van der Waals surface area contributed by atoms with Crippen molar-refractivity contribution >= 4 is 11.9 Å². The molecule has 1 saturated heterocycles. The quantitative estimate of drug-likeness (QED) is 0.822. The van der Waals surface area contributed by atoms with Gasteiger partial charge >= 0.3 is 0 Å². The molecule has 1 fully saturated rings. The Hall–Kier alpha value is -2.22. The smallest absolute Gasteiger partial charge is 0.241 e. The predicted molar refractivity (Wildman–Crippen MR) is 78.6 cm³/mol. The predicted octanol–water partition coefficient (Wildman–Crippen LogP) is 1.08. The van der Waals surface area contributed by atoms with Crippen molar-refractivity contribution in [3.63, 3.8) is 0 Å². The molecule has 0 amide bonds. The van der Waals surface area contributed by atoms with E-state index in [-0.39, 0.29) is 6.10 Å². The molecule has 1 unspecified atom stereocenters. The molecule has 0 saturated carbocycles. The lowest BCUT2D eigenvalue weighted by Crippen LogP contribution is -2.20. The maximum atomic E-state index is 5.59. The summed E-state index contributed by atoms with van der Waals surface area (Å²) in [7, 11) is 0. The number of nitrogens with one attached hydrogen (secondary N) is 2. The fourth-order valence-electron chi connectivity index (χ4n) is 2.18.